The predicted octanol–water partition coefficient (Wildman–Crippen LogP) is 4.04. The molecule has 0 aromatic heterocycles. The Morgan fingerprint density at radius 2 is 2.05 bits per heavy atom. The number of rotatable bonds is 3. The maximum absolute atomic E-state index is 5.91. The number of ether oxygens (including phenoxy) is 2. The van der Waals surface area contributed by atoms with E-state index in [1.807, 2.05) is 12.1 Å². The van der Waals surface area contributed by atoms with Gasteiger partial charge in [0, 0.05) is 11.4 Å². The van der Waals surface area contributed by atoms with Crippen LogP contribution in [-0.2, 0) is 13.0 Å². The first kappa shape index (κ1) is 12.4. The van der Waals surface area contributed by atoms with Crippen LogP contribution in [0.5, 0.6) is 11.5 Å². The van der Waals surface area contributed by atoms with Gasteiger partial charge in [-0.3, -0.25) is 0 Å². The van der Waals surface area contributed by atoms with Crippen LogP contribution in [0.1, 0.15) is 11.1 Å². The summed E-state index contributed by atoms with van der Waals surface area (Å²) in [5.74, 6) is 2.22. The molecule has 0 N–H and O–H groups in total. The highest BCUT2D eigenvalue weighted by atomic mass is 35.5. The summed E-state index contributed by atoms with van der Waals surface area (Å²) < 4.78 is 11.3. The molecule has 3 heteroatoms. The molecule has 2 aromatic rings. The maximum atomic E-state index is 5.91. The van der Waals surface area contributed by atoms with E-state index < -0.39 is 0 Å². The molecule has 98 valence electrons. The van der Waals surface area contributed by atoms with E-state index in [4.69, 9.17) is 21.1 Å². The smallest absolute Gasteiger partial charge is 0.169 e. The van der Waals surface area contributed by atoms with Gasteiger partial charge in [-0.1, -0.05) is 30.3 Å². The van der Waals surface area contributed by atoms with Crippen molar-refractivity contribution in [1.29, 1.82) is 0 Å². The normalized spacial score (nSPS) is 12.3. The van der Waals surface area contributed by atoms with E-state index in [2.05, 4.69) is 24.3 Å². The van der Waals surface area contributed by atoms with Gasteiger partial charge >= 0.3 is 0 Å². The molecule has 1 aliphatic heterocycles. The molecule has 0 unspecified atom stereocenters. The largest absolute Gasteiger partial charge is 0.493 e. The third kappa shape index (κ3) is 2.06. The zero-order chi connectivity index (χ0) is 13.2. The van der Waals surface area contributed by atoms with Crippen molar-refractivity contribution in [3.8, 4) is 22.6 Å². The summed E-state index contributed by atoms with van der Waals surface area (Å²) in [5, 5.41) is 0. The van der Waals surface area contributed by atoms with Crippen LogP contribution in [0.2, 0.25) is 0 Å². The molecule has 1 heterocycles. The molecule has 2 aromatic carbocycles. The van der Waals surface area contributed by atoms with Gasteiger partial charge in [0.25, 0.3) is 0 Å². The van der Waals surface area contributed by atoms with Gasteiger partial charge in [0.2, 0.25) is 0 Å². The first-order chi connectivity index (χ1) is 9.35. The zero-order valence-electron chi connectivity index (χ0n) is 10.8. The highest BCUT2D eigenvalue weighted by Crippen LogP contribution is 2.45. The predicted molar refractivity (Wildman–Crippen MR) is 77.2 cm³/mol. The van der Waals surface area contributed by atoms with Crippen LogP contribution in [0, 0.1) is 0 Å². The molecular formula is C16H15ClO2. The number of methoxy groups -OCH3 is 1. The minimum absolute atomic E-state index is 0.587. The fourth-order valence-corrected chi connectivity index (χ4v) is 2.76. The van der Waals surface area contributed by atoms with Crippen LogP contribution >= 0.6 is 11.6 Å². The van der Waals surface area contributed by atoms with Gasteiger partial charge < -0.3 is 9.47 Å². The zero-order valence-corrected chi connectivity index (χ0v) is 11.5. The molecule has 0 fully saturated rings. The fourth-order valence-electron chi connectivity index (χ4n) is 2.55. The second-order valence-electron chi connectivity index (χ2n) is 4.52. The summed E-state index contributed by atoms with van der Waals surface area (Å²) in [6.07, 6.45) is 0.825. The number of fused-ring (bicyclic) bond motifs is 3. The Morgan fingerprint density at radius 3 is 2.84 bits per heavy atom. The Balaban J connectivity index is 2.25. The van der Waals surface area contributed by atoms with Crippen LogP contribution < -0.4 is 9.47 Å². The first-order valence-electron chi connectivity index (χ1n) is 6.32. The van der Waals surface area contributed by atoms with E-state index in [0.717, 1.165) is 23.5 Å². The van der Waals surface area contributed by atoms with Gasteiger partial charge in [0.05, 0.1) is 7.11 Å². The van der Waals surface area contributed by atoms with E-state index in [0.29, 0.717) is 12.5 Å². The van der Waals surface area contributed by atoms with E-state index in [1.165, 1.54) is 16.7 Å². The molecule has 0 aliphatic carbocycles. The first-order valence-corrected chi connectivity index (χ1v) is 6.85. The summed E-state index contributed by atoms with van der Waals surface area (Å²) in [4.78, 5) is 0. The Morgan fingerprint density at radius 1 is 1.21 bits per heavy atom. The van der Waals surface area contributed by atoms with Crippen LogP contribution in [0.25, 0.3) is 11.1 Å². The van der Waals surface area contributed by atoms with Crippen LogP contribution in [0.4, 0.5) is 0 Å². The van der Waals surface area contributed by atoms with Gasteiger partial charge in [-0.15, -0.1) is 11.6 Å². The third-order valence-electron chi connectivity index (χ3n) is 3.45. The highest BCUT2D eigenvalue weighted by Gasteiger charge is 2.23. The summed E-state index contributed by atoms with van der Waals surface area (Å²) in [6, 6.07) is 12.3. The van der Waals surface area contributed by atoms with E-state index >= 15 is 0 Å². The van der Waals surface area contributed by atoms with Crippen molar-refractivity contribution in [3.63, 3.8) is 0 Å². The van der Waals surface area contributed by atoms with Crippen molar-refractivity contribution in [1.82, 2.24) is 0 Å². The number of halogens is 1. The molecule has 3 rings (SSSR count). The SMILES string of the molecule is COc1ccc(CCCl)c2c1OCc1ccccc1-2. The lowest BCUT2D eigenvalue weighted by Gasteiger charge is -2.24. The van der Waals surface area contributed by atoms with Gasteiger partial charge in [0.1, 0.15) is 6.61 Å². The van der Waals surface area contributed by atoms with Gasteiger partial charge in [0.15, 0.2) is 11.5 Å². The average molecular weight is 275 g/mol. The average Bonchev–Trinajstić information content (AvgIpc) is 2.47. The molecule has 0 radical (unpaired) electrons. The van der Waals surface area contributed by atoms with Gasteiger partial charge in [-0.2, -0.15) is 0 Å². The van der Waals surface area contributed by atoms with E-state index in [9.17, 15) is 0 Å². The van der Waals surface area contributed by atoms with Crippen molar-refractivity contribution in [2.75, 3.05) is 13.0 Å². The number of benzene rings is 2. The number of hydrogen-bond donors (Lipinski definition) is 0. The van der Waals surface area contributed by atoms with Crippen LogP contribution in [0.15, 0.2) is 36.4 Å². The molecule has 0 spiro atoms. The second kappa shape index (κ2) is 5.14. The number of hydrogen-bond acceptors (Lipinski definition) is 2. The standard InChI is InChI=1S/C16H15ClO2/c1-18-14-7-6-11(8-9-17)15-13-5-3-2-4-12(13)10-19-16(14)15/h2-7H,8-10H2,1H3. The van der Waals surface area contributed by atoms with Crippen LogP contribution in [-0.4, -0.2) is 13.0 Å². The highest BCUT2D eigenvalue weighted by molar-refractivity contribution is 6.18. The Hall–Kier alpha value is -1.67. The molecule has 2 nitrogen and oxygen atoms in total. The lowest BCUT2D eigenvalue weighted by molar-refractivity contribution is 0.281. The fraction of sp³-hybridized carbons (Fsp3) is 0.250. The number of alkyl halides is 1. The molecule has 0 bridgehead atoms. The maximum Gasteiger partial charge on any atom is 0.169 e. The van der Waals surface area contributed by atoms with Crippen LogP contribution in [0.3, 0.4) is 0 Å². The van der Waals surface area contributed by atoms with Gasteiger partial charge in [-0.05, 0) is 29.2 Å². The molecule has 0 atom stereocenters. The van der Waals surface area contributed by atoms with E-state index in [1.54, 1.807) is 7.11 Å². The lowest BCUT2D eigenvalue weighted by atomic mass is 9.91. The second-order valence-corrected chi connectivity index (χ2v) is 4.89. The Kier molecular flexibility index (Phi) is 3.34. The summed E-state index contributed by atoms with van der Waals surface area (Å²) >= 11 is 5.91. The summed E-state index contributed by atoms with van der Waals surface area (Å²) in [6.45, 7) is 0.587. The number of aryl methyl sites for hydroxylation is 1. The molecule has 19 heavy (non-hydrogen) atoms. The molecule has 0 saturated heterocycles. The Labute approximate surface area is 117 Å². The van der Waals surface area contributed by atoms with Crippen molar-refractivity contribution >= 4 is 11.6 Å². The van der Waals surface area contributed by atoms with E-state index in [-0.39, 0.29) is 0 Å². The molecule has 0 amide bonds. The molecule has 0 saturated carbocycles. The minimum atomic E-state index is 0.587. The molecule has 1 aliphatic rings. The van der Waals surface area contributed by atoms with Crippen molar-refractivity contribution < 1.29 is 9.47 Å². The van der Waals surface area contributed by atoms with Crippen molar-refractivity contribution in [2.45, 2.75) is 13.0 Å². The Bertz CT molecular complexity index is 608. The summed E-state index contributed by atoms with van der Waals surface area (Å²) in [5.41, 5.74) is 4.77. The van der Waals surface area contributed by atoms with Crippen molar-refractivity contribution in [3.05, 3.63) is 47.5 Å². The lowest BCUT2D eigenvalue weighted by Crippen LogP contribution is -2.09. The topological polar surface area (TPSA) is 18.5 Å². The molecular weight excluding hydrogens is 260 g/mol. The quantitative estimate of drug-likeness (QED) is 0.787. The monoisotopic (exact) mass is 274 g/mol. The minimum Gasteiger partial charge on any atom is -0.493 e. The summed E-state index contributed by atoms with van der Waals surface area (Å²) in [7, 11) is 1.67. The third-order valence-corrected chi connectivity index (χ3v) is 3.64. The van der Waals surface area contributed by atoms with Crippen molar-refractivity contribution in [2.24, 2.45) is 0 Å². The van der Waals surface area contributed by atoms with Gasteiger partial charge in [-0.25, -0.2) is 0 Å².